The van der Waals surface area contributed by atoms with E-state index < -0.39 is 36.9 Å². The lowest BCUT2D eigenvalue weighted by Crippen LogP contribution is -2.53. The number of aliphatic hydroxyl groups is 4. The molecule has 0 radical (unpaired) electrons. The minimum atomic E-state index is -1.29. The van der Waals surface area contributed by atoms with Crippen molar-refractivity contribution in [1.82, 2.24) is 5.32 Å². The van der Waals surface area contributed by atoms with E-state index in [2.05, 4.69) is 55.6 Å². The van der Waals surface area contributed by atoms with Gasteiger partial charge >= 0.3 is 0 Å². The summed E-state index contributed by atoms with van der Waals surface area (Å²) in [6.07, 6.45) is 65.0. The highest BCUT2D eigenvalue weighted by molar-refractivity contribution is 5.80. The second-order valence-electron chi connectivity index (χ2n) is 19.6. The van der Waals surface area contributed by atoms with Crippen LogP contribution in [0.2, 0.25) is 0 Å². The lowest BCUT2D eigenvalue weighted by molar-refractivity contribution is -0.132. The molecule has 0 heterocycles. The molecule has 6 nitrogen and oxygen atoms in total. The third kappa shape index (κ3) is 45.7. The van der Waals surface area contributed by atoms with Crippen LogP contribution in [0.3, 0.4) is 0 Å². The fourth-order valence-electron chi connectivity index (χ4n) is 8.85. The maximum atomic E-state index is 12.6. The Morgan fingerprint density at radius 2 is 0.656 bits per heavy atom. The molecule has 0 aliphatic heterocycles. The topological polar surface area (TPSA) is 110 Å². The number of carbonyl (C=O) groups excluding carboxylic acids is 1. The molecule has 0 spiro atoms. The summed E-state index contributed by atoms with van der Waals surface area (Å²) in [5.41, 5.74) is 0. The number of amides is 1. The molecule has 0 aliphatic rings. The third-order valence-corrected chi connectivity index (χ3v) is 13.3. The van der Waals surface area contributed by atoms with E-state index in [1.54, 1.807) is 0 Å². The van der Waals surface area contributed by atoms with Gasteiger partial charge in [0, 0.05) is 0 Å². The summed E-state index contributed by atoms with van der Waals surface area (Å²) in [6, 6.07) is -1.01. The molecule has 4 unspecified atom stereocenters. The first-order valence-electron chi connectivity index (χ1n) is 28.4. The van der Waals surface area contributed by atoms with E-state index in [4.69, 9.17) is 0 Å². The predicted octanol–water partition coefficient (Wildman–Crippen LogP) is 16.4. The van der Waals surface area contributed by atoms with Crippen LogP contribution in [0.5, 0.6) is 0 Å². The van der Waals surface area contributed by atoms with Gasteiger partial charge in [-0.1, -0.05) is 269 Å². The molecule has 0 aromatic heterocycles. The number of allylic oxidation sites excluding steroid dienone is 6. The zero-order valence-corrected chi connectivity index (χ0v) is 42.8. The van der Waals surface area contributed by atoms with Crippen LogP contribution < -0.4 is 5.32 Å². The van der Waals surface area contributed by atoms with E-state index in [1.165, 1.54) is 212 Å². The monoisotopic (exact) mass is 902 g/mol. The molecule has 64 heavy (non-hydrogen) atoms. The molecule has 0 saturated heterocycles. The highest BCUT2D eigenvalue weighted by Gasteiger charge is 2.28. The maximum Gasteiger partial charge on any atom is 0.249 e. The Morgan fingerprint density at radius 1 is 0.375 bits per heavy atom. The lowest BCUT2D eigenvalue weighted by Gasteiger charge is -2.27. The van der Waals surface area contributed by atoms with Crippen molar-refractivity contribution in [2.75, 3.05) is 6.61 Å². The average Bonchev–Trinajstić information content (AvgIpc) is 3.30. The lowest BCUT2D eigenvalue weighted by atomic mass is 10.00. The second kappa shape index (κ2) is 52.5. The van der Waals surface area contributed by atoms with Gasteiger partial charge in [-0.2, -0.15) is 0 Å². The van der Waals surface area contributed by atoms with Gasteiger partial charge in [-0.05, 0) is 64.2 Å². The van der Waals surface area contributed by atoms with Gasteiger partial charge in [0.15, 0.2) is 0 Å². The number of rotatable bonds is 52. The first kappa shape index (κ1) is 62.5. The summed E-state index contributed by atoms with van der Waals surface area (Å²) >= 11 is 0. The number of nitrogens with one attached hydrogen (secondary N) is 1. The Kier molecular flexibility index (Phi) is 51.3. The SMILES string of the molecule is CCCCCCCCCCCC/C=C/CC/C=C/CC/C=C/CCCC(O)C(O)C(CO)NC(=O)C(O)CCCCCCCCCCCCCCCCCCCCCCCCCCC. The number of hydrogen-bond acceptors (Lipinski definition) is 5. The van der Waals surface area contributed by atoms with E-state index in [0.29, 0.717) is 19.3 Å². The highest BCUT2D eigenvalue weighted by atomic mass is 16.3. The average molecular weight is 903 g/mol. The molecule has 0 fully saturated rings. The second-order valence-corrected chi connectivity index (χ2v) is 19.6. The smallest absolute Gasteiger partial charge is 0.249 e. The first-order chi connectivity index (χ1) is 31.5. The minimum absolute atomic E-state index is 0.362. The van der Waals surface area contributed by atoms with Crippen LogP contribution >= 0.6 is 0 Å². The number of carbonyl (C=O) groups is 1. The molecule has 0 rings (SSSR count). The van der Waals surface area contributed by atoms with Gasteiger partial charge in [0.2, 0.25) is 5.91 Å². The van der Waals surface area contributed by atoms with Crippen LogP contribution in [0.1, 0.15) is 296 Å². The van der Waals surface area contributed by atoms with Crippen molar-refractivity contribution in [1.29, 1.82) is 0 Å². The third-order valence-electron chi connectivity index (χ3n) is 13.3. The van der Waals surface area contributed by atoms with Gasteiger partial charge in [0.25, 0.3) is 0 Å². The van der Waals surface area contributed by atoms with E-state index in [-0.39, 0.29) is 0 Å². The molecule has 1 amide bonds. The van der Waals surface area contributed by atoms with Crippen molar-refractivity contribution in [2.45, 2.75) is 321 Å². The van der Waals surface area contributed by atoms with E-state index in [1.807, 2.05) is 0 Å². The van der Waals surface area contributed by atoms with Gasteiger partial charge in [0.1, 0.15) is 12.2 Å². The predicted molar refractivity (Wildman–Crippen MR) is 279 cm³/mol. The van der Waals surface area contributed by atoms with Crippen LogP contribution in [-0.2, 0) is 4.79 Å². The molecule has 6 heteroatoms. The Bertz CT molecular complexity index is 1010. The highest BCUT2D eigenvalue weighted by Crippen LogP contribution is 2.17. The van der Waals surface area contributed by atoms with Crippen molar-refractivity contribution >= 4 is 5.91 Å². The van der Waals surface area contributed by atoms with Crippen molar-refractivity contribution in [3.8, 4) is 0 Å². The molecule has 0 aliphatic carbocycles. The van der Waals surface area contributed by atoms with Crippen LogP contribution in [-0.4, -0.2) is 57.3 Å². The molecule has 5 N–H and O–H groups in total. The Balaban J connectivity index is 3.68. The van der Waals surface area contributed by atoms with E-state index in [0.717, 1.165) is 51.4 Å². The van der Waals surface area contributed by atoms with Crippen molar-refractivity contribution in [2.24, 2.45) is 0 Å². The Hall–Kier alpha value is -1.47. The normalized spacial score (nSPS) is 14.0. The minimum Gasteiger partial charge on any atom is -0.394 e. The molecule has 0 bridgehead atoms. The maximum absolute atomic E-state index is 12.6. The van der Waals surface area contributed by atoms with Gasteiger partial charge in [-0.3, -0.25) is 4.79 Å². The van der Waals surface area contributed by atoms with Gasteiger partial charge in [-0.25, -0.2) is 0 Å². The summed E-state index contributed by atoms with van der Waals surface area (Å²) in [6.45, 7) is 4.07. The van der Waals surface area contributed by atoms with E-state index in [9.17, 15) is 25.2 Å². The fourth-order valence-corrected chi connectivity index (χ4v) is 8.85. The van der Waals surface area contributed by atoms with E-state index >= 15 is 0 Å². The Morgan fingerprint density at radius 3 is 0.984 bits per heavy atom. The van der Waals surface area contributed by atoms with Gasteiger partial charge in [-0.15, -0.1) is 0 Å². The molecule has 0 aromatic carbocycles. The summed E-state index contributed by atoms with van der Waals surface area (Å²) in [5, 5.41) is 44.0. The van der Waals surface area contributed by atoms with Crippen LogP contribution in [0.4, 0.5) is 0 Å². The quantitative estimate of drug-likeness (QED) is 0.0309. The van der Waals surface area contributed by atoms with Gasteiger partial charge in [0.05, 0.1) is 18.8 Å². The number of unbranched alkanes of at least 4 members (excludes halogenated alkanes) is 37. The summed E-state index contributed by atoms with van der Waals surface area (Å²) < 4.78 is 0. The number of hydrogen-bond donors (Lipinski definition) is 5. The number of aliphatic hydroxyl groups excluding tert-OH is 4. The largest absolute Gasteiger partial charge is 0.394 e. The molecule has 378 valence electrons. The fraction of sp³-hybridized carbons (Fsp3) is 0.879. The van der Waals surface area contributed by atoms with Gasteiger partial charge < -0.3 is 25.7 Å². The standard InChI is InChI=1S/C58H111NO5/c1-3-5-7-9-11-13-15-17-19-21-23-25-27-28-30-32-34-36-38-40-42-44-46-48-50-52-56(62)58(64)59-54(53-60)57(63)55(61)51-49-47-45-43-41-39-37-35-33-31-29-26-24-22-20-18-16-14-12-10-8-6-4-2/h26,29,35,37,43,45,54-57,60-63H,3-25,27-28,30-34,36,38-42,44,46-53H2,1-2H3,(H,59,64)/b29-26+,37-35+,45-43+. The molecular weight excluding hydrogens is 791 g/mol. The zero-order valence-electron chi connectivity index (χ0n) is 42.8. The van der Waals surface area contributed by atoms with Crippen LogP contribution in [0.15, 0.2) is 36.5 Å². The van der Waals surface area contributed by atoms with Crippen LogP contribution in [0.25, 0.3) is 0 Å². The molecule has 0 aromatic rings. The molecule has 4 atom stereocenters. The Labute approximate surface area is 398 Å². The zero-order chi connectivity index (χ0) is 46.7. The van der Waals surface area contributed by atoms with Crippen LogP contribution in [0, 0.1) is 0 Å². The van der Waals surface area contributed by atoms with Crippen molar-refractivity contribution < 1.29 is 25.2 Å². The molecule has 0 saturated carbocycles. The van der Waals surface area contributed by atoms with Crippen molar-refractivity contribution in [3.63, 3.8) is 0 Å². The molecular formula is C58H111NO5. The first-order valence-corrected chi connectivity index (χ1v) is 28.4. The summed E-state index contributed by atoms with van der Waals surface area (Å²) in [7, 11) is 0. The van der Waals surface area contributed by atoms with Crippen molar-refractivity contribution in [3.05, 3.63) is 36.5 Å². The summed E-state index contributed by atoms with van der Waals surface area (Å²) in [4.78, 5) is 12.6. The summed E-state index contributed by atoms with van der Waals surface area (Å²) in [5.74, 6) is -0.595.